The van der Waals surface area contributed by atoms with Gasteiger partial charge in [-0.05, 0) is 42.5 Å². The zero-order chi connectivity index (χ0) is 22.7. The lowest BCUT2D eigenvalue weighted by Gasteiger charge is -2.09. The molecule has 2 heterocycles. The van der Waals surface area contributed by atoms with Crippen molar-refractivity contribution in [2.24, 2.45) is 4.99 Å². The van der Waals surface area contributed by atoms with Gasteiger partial charge in [-0.2, -0.15) is 13.2 Å². The van der Waals surface area contributed by atoms with E-state index in [2.05, 4.69) is 15.3 Å². The van der Waals surface area contributed by atoms with Crippen molar-refractivity contribution in [2.75, 3.05) is 12.4 Å². The molecule has 0 atom stereocenters. The zero-order valence-corrected chi connectivity index (χ0v) is 16.7. The van der Waals surface area contributed by atoms with E-state index >= 15 is 0 Å². The van der Waals surface area contributed by atoms with E-state index in [9.17, 15) is 18.0 Å². The molecule has 1 amide bonds. The van der Waals surface area contributed by atoms with Crippen LogP contribution in [0.2, 0.25) is 0 Å². The molecule has 0 saturated heterocycles. The van der Waals surface area contributed by atoms with E-state index in [1.54, 1.807) is 36.4 Å². The van der Waals surface area contributed by atoms with Crippen LogP contribution in [0.3, 0.4) is 0 Å². The summed E-state index contributed by atoms with van der Waals surface area (Å²) in [7, 11) is 1.45. The van der Waals surface area contributed by atoms with Crippen LogP contribution in [-0.2, 0) is 6.18 Å². The summed E-state index contributed by atoms with van der Waals surface area (Å²) >= 11 is 0. The van der Waals surface area contributed by atoms with Gasteiger partial charge in [0.1, 0.15) is 11.4 Å². The third kappa shape index (κ3) is 4.46. The van der Waals surface area contributed by atoms with E-state index < -0.39 is 17.6 Å². The fraction of sp³-hybridized carbons (Fsp3) is 0.0870. The minimum absolute atomic E-state index is 0.0221. The van der Waals surface area contributed by atoms with Crippen LogP contribution < -0.4 is 15.6 Å². The predicted molar refractivity (Wildman–Crippen MR) is 112 cm³/mol. The van der Waals surface area contributed by atoms with Crippen molar-refractivity contribution in [3.05, 3.63) is 89.6 Å². The summed E-state index contributed by atoms with van der Waals surface area (Å²) in [5.74, 6) is 0.107. The molecule has 0 spiro atoms. The Labute approximate surface area is 180 Å². The molecule has 4 aromatic rings. The number of alkyl halides is 3. The number of carbonyl (C=O) groups is 1. The lowest BCUT2D eigenvalue weighted by atomic mass is 10.1. The maximum absolute atomic E-state index is 13.1. The Bertz CT molecular complexity index is 1350. The average Bonchev–Trinajstić information content (AvgIpc) is 2.78. The van der Waals surface area contributed by atoms with Crippen LogP contribution in [0.1, 0.15) is 15.9 Å². The molecule has 0 fully saturated rings. The van der Waals surface area contributed by atoms with Crippen molar-refractivity contribution in [1.29, 1.82) is 0 Å². The Hall–Kier alpha value is -4.14. The lowest BCUT2D eigenvalue weighted by Crippen LogP contribution is -2.22. The molecule has 2 aromatic heterocycles. The smallest absolute Gasteiger partial charge is 0.416 e. The number of methoxy groups -OCH3 is 1. The molecule has 0 aliphatic heterocycles. The summed E-state index contributed by atoms with van der Waals surface area (Å²) in [6, 6.07) is 16.1. The molecule has 9 heteroatoms. The Balaban J connectivity index is 1.90. The number of nitrogens with zero attached hydrogens (tertiary/aromatic N) is 2. The van der Waals surface area contributed by atoms with Crippen molar-refractivity contribution in [3.63, 3.8) is 0 Å². The van der Waals surface area contributed by atoms with Gasteiger partial charge in [-0.15, -0.1) is 0 Å². The van der Waals surface area contributed by atoms with Crippen LogP contribution in [0.4, 0.5) is 24.7 Å². The summed E-state index contributed by atoms with van der Waals surface area (Å²) in [5, 5.41) is 3.19. The summed E-state index contributed by atoms with van der Waals surface area (Å²) in [5.41, 5.74) is -0.736. The van der Waals surface area contributed by atoms with Crippen molar-refractivity contribution < 1.29 is 27.1 Å². The van der Waals surface area contributed by atoms with Crippen molar-refractivity contribution in [1.82, 2.24) is 4.98 Å². The molecule has 2 aromatic carbocycles. The van der Waals surface area contributed by atoms with Gasteiger partial charge in [0.05, 0.1) is 18.4 Å². The van der Waals surface area contributed by atoms with Crippen LogP contribution in [0, 0.1) is 0 Å². The number of rotatable bonds is 4. The second-order valence-electron chi connectivity index (χ2n) is 6.67. The normalized spacial score (nSPS) is 12.1. The molecule has 0 bridgehead atoms. The van der Waals surface area contributed by atoms with Gasteiger partial charge in [0.25, 0.3) is 5.91 Å². The molecule has 6 nitrogen and oxygen atoms in total. The molecule has 32 heavy (non-hydrogen) atoms. The summed E-state index contributed by atoms with van der Waals surface area (Å²) in [4.78, 5) is 21.2. The largest absolute Gasteiger partial charge is 0.493 e. The highest BCUT2D eigenvalue weighted by Crippen LogP contribution is 2.31. The number of carbonyl (C=O) groups excluding carboxylic acids is 1. The van der Waals surface area contributed by atoms with E-state index in [0.717, 1.165) is 12.1 Å². The number of pyridine rings is 1. The van der Waals surface area contributed by atoms with E-state index in [1.165, 1.54) is 31.5 Å². The van der Waals surface area contributed by atoms with Gasteiger partial charge in [0.15, 0.2) is 11.3 Å². The monoisotopic (exact) mass is 439 g/mol. The van der Waals surface area contributed by atoms with Gasteiger partial charge in [-0.3, -0.25) is 4.79 Å². The first-order chi connectivity index (χ1) is 15.3. The molecule has 0 radical (unpaired) electrons. The molecular formula is C23H16F3N3O3. The minimum atomic E-state index is -4.53. The SMILES string of the molecule is COc1cccc2cc(C(=O)Nc3ccccn3)c(=Nc3cccc(C(F)(F)F)c3)oc12. The van der Waals surface area contributed by atoms with Crippen LogP contribution >= 0.6 is 0 Å². The number of anilines is 1. The topological polar surface area (TPSA) is 76.7 Å². The highest BCUT2D eigenvalue weighted by Gasteiger charge is 2.30. The van der Waals surface area contributed by atoms with Crippen molar-refractivity contribution in [3.8, 4) is 5.75 Å². The predicted octanol–water partition coefficient (Wildman–Crippen LogP) is 5.34. The molecule has 4 rings (SSSR count). The number of amides is 1. The minimum Gasteiger partial charge on any atom is -0.493 e. The summed E-state index contributed by atoms with van der Waals surface area (Å²) < 4.78 is 50.5. The second kappa shape index (κ2) is 8.54. The number of hydrogen-bond acceptors (Lipinski definition) is 5. The summed E-state index contributed by atoms with van der Waals surface area (Å²) in [6.07, 6.45) is -3.02. The number of aromatic nitrogens is 1. The summed E-state index contributed by atoms with van der Waals surface area (Å²) in [6.45, 7) is 0. The third-order valence-corrected chi connectivity index (χ3v) is 4.51. The van der Waals surface area contributed by atoms with Gasteiger partial charge < -0.3 is 14.5 Å². The standard InChI is InChI=1S/C23H16F3N3O3/c1-31-18-9-4-6-14-12-17(21(30)29-19-10-2-3-11-27-19)22(32-20(14)18)28-16-8-5-7-15(13-16)23(24,25)26/h2-13H,1H3,(H,27,29,30). The number of ether oxygens (including phenoxy) is 1. The Kier molecular flexibility index (Phi) is 5.63. The molecule has 0 unspecified atom stereocenters. The number of para-hydroxylation sites is 1. The second-order valence-corrected chi connectivity index (χ2v) is 6.67. The van der Waals surface area contributed by atoms with E-state index in [4.69, 9.17) is 9.15 Å². The van der Waals surface area contributed by atoms with Crippen LogP contribution in [-0.4, -0.2) is 18.0 Å². The fourth-order valence-corrected chi connectivity index (χ4v) is 3.02. The first-order valence-electron chi connectivity index (χ1n) is 9.40. The van der Waals surface area contributed by atoms with Crippen molar-refractivity contribution in [2.45, 2.75) is 6.18 Å². The third-order valence-electron chi connectivity index (χ3n) is 4.51. The first-order valence-corrected chi connectivity index (χ1v) is 9.40. The first kappa shape index (κ1) is 21.1. The van der Waals surface area contributed by atoms with Gasteiger partial charge in [-0.1, -0.05) is 24.3 Å². The van der Waals surface area contributed by atoms with Gasteiger partial charge >= 0.3 is 6.18 Å². The molecular weight excluding hydrogens is 423 g/mol. The Morgan fingerprint density at radius 1 is 1.06 bits per heavy atom. The number of hydrogen-bond donors (Lipinski definition) is 1. The van der Waals surface area contributed by atoms with Crippen LogP contribution in [0.25, 0.3) is 11.0 Å². The van der Waals surface area contributed by atoms with Gasteiger partial charge in [0, 0.05) is 11.6 Å². The zero-order valence-electron chi connectivity index (χ0n) is 16.7. The average molecular weight is 439 g/mol. The van der Waals surface area contributed by atoms with Gasteiger partial charge in [-0.25, -0.2) is 9.98 Å². The molecule has 1 N–H and O–H groups in total. The quantitative estimate of drug-likeness (QED) is 0.466. The maximum Gasteiger partial charge on any atom is 0.416 e. The maximum atomic E-state index is 13.1. The highest BCUT2D eigenvalue weighted by atomic mass is 19.4. The van der Waals surface area contributed by atoms with E-state index in [1.807, 2.05) is 0 Å². The van der Waals surface area contributed by atoms with Crippen LogP contribution in [0.15, 0.2) is 82.3 Å². The van der Waals surface area contributed by atoms with E-state index in [-0.39, 0.29) is 16.8 Å². The fourth-order valence-electron chi connectivity index (χ4n) is 3.02. The number of fused-ring (bicyclic) bond motifs is 1. The lowest BCUT2D eigenvalue weighted by molar-refractivity contribution is -0.137. The molecule has 0 saturated carbocycles. The van der Waals surface area contributed by atoms with Gasteiger partial charge in [0.2, 0.25) is 5.55 Å². The van der Waals surface area contributed by atoms with Crippen LogP contribution in [0.5, 0.6) is 5.75 Å². The molecule has 0 aliphatic rings. The number of nitrogens with one attached hydrogen (secondary N) is 1. The number of halogens is 3. The van der Waals surface area contributed by atoms with E-state index in [0.29, 0.717) is 22.5 Å². The Morgan fingerprint density at radius 3 is 2.59 bits per heavy atom. The van der Waals surface area contributed by atoms with Crippen molar-refractivity contribution >= 4 is 28.4 Å². The Morgan fingerprint density at radius 2 is 1.88 bits per heavy atom. The molecule has 0 aliphatic carbocycles. The highest BCUT2D eigenvalue weighted by molar-refractivity contribution is 6.05. The molecule has 162 valence electrons. The number of benzene rings is 2.